The molecule has 126 valence electrons. The molecule has 3 rings (SSSR count). The van der Waals surface area contributed by atoms with E-state index in [4.69, 9.17) is 5.73 Å². The molecular weight excluding hydrogens is 330 g/mol. The lowest BCUT2D eigenvalue weighted by Crippen LogP contribution is -2.71. The maximum absolute atomic E-state index is 12.3. The number of carboxylic acids is 1. The topological polar surface area (TPSA) is 113 Å². The summed E-state index contributed by atoms with van der Waals surface area (Å²) in [6.07, 6.45) is 0. The van der Waals surface area contributed by atoms with Gasteiger partial charge in [-0.2, -0.15) is 0 Å². The molecule has 0 aliphatic carbocycles. The molecule has 0 radical (unpaired) electrons. The molecule has 2 unspecified atom stereocenters. The van der Waals surface area contributed by atoms with Crippen molar-refractivity contribution >= 4 is 29.5 Å². The molecule has 24 heavy (non-hydrogen) atoms. The van der Waals surface area contributed by atoms with Crippen LogP contribution in [0.3, 0.4) is 0 Å². The van der Waals surface area contributed by atoms with Gasteiger partial charge in [0, 0.05) is 5.75 Å². The van der Waals surface area contributed by atoms with Crippen LogP contribution < -0.4 is 11.1 Å². The fourth-order valence-corrected chi connectivity index (χ4v) is 4.12. The minimum Gasteiger partial charge on any atom is -0.477 e. The summed E-state index contributed by atoms with van der Waals surface area (Å²) >= 11 is 1.43. The average Bonchev–Trinajstić information content (AvgIpc) is 2.59. The number of aliphatic carboxylic acids is 1. The molecule has 0 aromatic heterocycles. The van der Waals surface area contributed by atoms with Crippen molar-refractivity contribution in [1.29, 1.82) is 0 Å². The summed E-state index contributed by atoms with van der Waals surface area (Å²) in [5.74, 6) is -1.50. The Hall–Kier alpha value is -2.32. The minimum absolute atomic E-state index is 0.0154. The van der Waals surface area contributed by atoms with Gasteiger partial charge in [0.05, 0.1) is 0 Å². The van der Waals surface area contributed by atoms with Gasteiger partial charge in [-0.3, -0.25) is 14.5 Å². The lowest BCUT2D eigenvalue weighted by molar-refractivity contribution is -0.150. The van der Waals surface area contributed by atoms with Gasteiger partial charge in [-0.15, -0.1) is 11.8 Å². The molecule has 0 saturated carbocycles. The van der Waals surface area contributed by atoms with E-state index in [2.05, 4.69) is 5.32 Å². The van der Waals surface area contributed by atoms with E-state index in [-0.39, 0.29) is 5.70 Å². The van der Waals surface area contributed by atoms with Gasteiger partial charge >= 0.3 is 5.97 Å². The number of hydrogen-bond donors (Lipinski definition) is 3. The van der Waals surface area contributed by atoms with Gasteiger partial charge < -0.3 is 16.2 Å². The fraction of sp³-hybridized carbons (Fsp3) is 0.312. The van der Waals surface area contributed by atoms with Crippen molar-refractivity contribution in [2.45, 2.75) is 24.4 Å². The lowest BCUT2D eigenvalue weighted by Gasteiger charge is -2.49. The Balaban J connectivity index is 1.71. The summed E-state index contributed by atoms with van der Waals surface area (Å²) < 4.78 is 0. The Bertz CT molecular complexity index is 734. The highest BCUT2D eigenvalue weighted by Gasteiger charge is 2.53. The number of nitrogens with one attached hydrogen (secondary N) is 1. The van der Waals surface area contributed by atoms with E-state index >= 15 is 0 Å². The van der Waals surface area contributed by atoms with Gasteiger partial charge in [0.25, 0.3) is 5.91 Å². The first-order valence-electron chi connectivity index (χ1n) is 7.40. The lowest BCUT2D eigenvalue weighted by atomic mass is 10.0. The number of rotatable bonds is 4. The summed E-state index contributed by atoms with van der Waals surface area (Å²) in [4.78, 5) is 37.2. The number of carboxylic acid groups (broad SMARTS) is 1. The Morgan fingerprint density at radius 1 is 1.38 bits per heavy atom. The van der Waals surface area contributed by atoms with E-state index in [1.165, 1.54) is 16.7 Å². The number of nitrogens with two attached hydrogens (primary N) is 1. The highest BCUT2D eigenvalue weighted by Crippen LogP contribution is 2.40. The van der Waals surface area contributed by atoms with Crippen molar-refractivity contribution in [1.82, 2.24) is 10.2 Å². The van der Waals surface area contributed by atoms with E-state index < -0.39 is 35.2 Å². The summed E-state index contributed by atoms with van der Waals surface area (Å²) in [5, 5.41) is 11.5. The van der Waals surface area contributed by atoms with Gasteiger partial charge in [-0.25, -0.2) is 4.79 Å². The number of thioether (sulfide) groups is 1. The average molecular weight is 347 g/mol. The number of hydrogen-bond acceptors (Lipinski definition) is 5. The molecule has 7 nitrogen and oxygen atoms in total. The van der Waals surface area contributed by atoms with E-state index in [0.29, 0.717) is 16.9 Å². The number of amides is 2. The molecule has 1 saturated heterocycles. The second kappa shape index (κ2) is 6.29. The first kappa shape index (κ1) is 16.5. The molecular formula is C16H17N3O4S. The van der Waals surface area contributed by atoms with Gasteiger partial charge in [0.15, 0.2) is 0 Å². The Kier molecular flexibility index (Phi) is 4.33. The monoisotopic (exact) mass is 347 g/mol. The molecule has 1 aromatic carbocycles. The molecule has 8 heteroatoms. The van der Waals surface area contributed by atoms with Crippen molar-refractivity contribution in [2.75, 3.05) is 5.75 Å². The molecule has 0 bridgehead atoms. The molecule has 0 spiro atoms. The Morgan fingerprint density at radius 2 is 2.04 bits per heavy atom. The van der Waals surface area contributed by atoms with Crippen molar-refractivity contribution in [2.24, 2.45) is 5.73 Å². The fourth-order valence-electron chi connectivity index (χ4n) is 2.83. The van der Waals surface area contributed by atoms with E-state index in [1.807, 2.05) is 6.07 Å². The molecule has 1 aromatic rings. The number of nitrogens with zero attached hydrogens (tertiary/aromatic N) is 1. The first-order chi connectivity index (χ1) is 11.4. The van der Waals surface area contributed by atoms with Crippen LogP contribution in [0.5, 0.6) is 0 Å². The highest BCUT2D eigenvalue weighted by molar-refractivity contribution is 8.00. The molecule has 1 fully saturated rings. The van der Waals surface area contributed by atoms with E-state index in [1.54, 1.807) is 31.2 Å². The van der Waals surface area contributed by atoms with E-state index in [0.717, 1.165) is 0 Å². The van der Waals surface area contributed by atoms with Crippen LogP contribution in [0, 0.1) is 0 Å². The second-order valence-corrected chi connectivity index (χ2v) is 6.82. The predicted octanol–water partition coefficient (Wildman–Crippen LogP) is 0.445. The number of carbonyl (C=O) groups excluding carboxylic acids is 2. The number of carbonyl (C=O) groups is 3. The van der Waals surface area contributed by atoms with Crippen LogP contribution in [0.1, 0.15) is 18.5 Å². The number of benzene rings is 1. The van der Waals surface area contributed by atoms with Crippen LogP contribution in [-0.2, 0) is 14.4 Å². The summed E-state index contributed by atoms with van der Waals surface area (Å²) in [7, 11) is 0. The zero-order valence-corrected chi connectivity index (χ0v) is 13.7. The van der Waals surface area contributed by atoms with Gasteiger partial charge in [0.1, 0.15) is 23.2 Å². The number of fused-ring (bicyclic) bond motifs is 1. The SMILES string of the molecule is CC1=C(C(=O)O)N2C(=O)C(NC(=O)C(N)c3ccccc3)[C@@H]2SC1. The molecule has 3 atom stereocenters. The quantitative estimate of drug-likeness (QED) is 0.682. The second-order valence-electron chi connectivity index (χ2n) is 5.72. The van der Waals surface area contributed by atoms with Crippen molar-refractivity contribution in [3.05, 3.63) is 47.2 Å². The smallest absolute Gasteiger partial charge is 0.352 e. The highest BCUT2D eigenvalue weighted by atomic mass is 32.2. The summed E-state index contributed by atoms with van der Waals surface area (Å²) in [6, 6.07) is 7.23. The molecule has 2 aliphatic rings. The Morgan fingerprint density at radius 3 is 2.67 bits per heavy atom. The molecule has 4 N–H and O–H groups in total. The van der Waals surface area contributed by atoms with E-state index in [9.17, 15) is 19.5 Å². The normalized spacial score (nSPS) is 24.1. The summed E-state index contributed by atoms with van der Waals surface area (Å²) in [6.45, 7) is 1.69. The van der Waals surface area contributed by atoms with Gasteiger partial charge in [-0.1, -0.05) is 30.3 Å². The first-order valence-corrected chi connectivity index (χ1v) is 8.45. The summed E-state index contributed by atoms with van der Waals surface area (Å²) in [5.41, 5.74) is 7.24. The van der Waals surface area contributed by atoms with Crippen LogP contribution in [0.25, 0.3) is 0 Å². The van der Waals surface area contributed by atoms with Crippen LogP contribution in [0.4, 0.5) is 0 Å². The zero-order valence-electron chi connectivity index (χ0n) is 12.9. The molecule has 2 aliphatic heterocycles. The van der Waals surface area contributed by atoms with Crippen LogP contribution in [-0.4, -0.2) is 45.0 Å². The third-order valence-corrected chi connectivity index (χ3v) is 5.52. The predicted molar refractivity (Wildman–Crippen MR) is 88.7 cm³/mol. The minimum atomic E-state index is -1.13. The zero-order chi connectivity index (χ0) is 17.4. The molecule has 2 amide bonds. The number of β-lactam (4-membered cyclic amide) rings is 1. The maximum Gasteiger partial charge on any atom is 0.352 e. The standard InChI is InChI=1S/C16H17N3O4S/c1-8-7-24-15-11(14(21)19(15)12(8)16(22)23)18-13(20)10(17)9-5-3-2-4-6-9/h2-6,10-11,15H,7,17H2,1H3,(H,18,20)(H,22,23)/t10?,11?,15-/m0/s1. The largest absolute Gasteiger partial charge is 0.477 e. The third-order valence-electron chi connectivity index (χ3n) is 4.10. The third kappa shape index (κ3) is 2.67. The maximum atomic E-state index is 12.3. The van der Waals surface area contributed by atoms with Crippen LogP contribution in [0.15, 0.2) is 41.6 Å². The van der Waals surface area contributed by atoms with Gasteiger partial charge in [-0.05, 0) is 18.1 Å². The molecule has 2 heterocycles. The Labute approximate surface area is 142 Å². The van der Waals surface area contributed by atoms with Crippen LogP contribution >= 0.6 is 11.8 Å². The van der Waals surface area contributed by atoms with Crippen molar-refractivity contribution in [3.63, 3.8) is 0 Å². The van der Waals surface area contributed by atoms with Crippen molar-refractivity contribution in [3.8, 4) is 0 Å². The van der Waals surface area contributed by atoms with Crippen molar-refractivity contribution < 1.29 is 19.5 Å². The van der Waals surface area contributed by atoms with Gasteiger partial charge in [0.2, 0.25) is 5.91 Å². The van der Waals surface area contributed by atoms with Crippen LogP contribution in [0.2, 0.25) is 0 Å².